The molecule has 1 saturated carbocycles. The normalized spacial score (nSPS) is 15.0. The van der Waals surface area contributed by atoms with Gasteiger partial charge in [-0.3, -0.25) is 9.59 Å². The molecule has 1 heterocycles. The Labute approximate surface area is 95.2 Å². The number of hydrogen-bond acceptors (Lipinski definition) is 3. The number of nitrogens with one attached hydrogen (secondary N) is 1. The summed E-state index contributed by atoms with van der Waals surface area (Å²) in [7, 11) is 0. The van der Waals surface area contributed by atoms with Crippen molar-refractivity contribution in [3.8, 4) is 0 Å². The molecule has 0 saturated heterocycles. The second-order valence-corrected chi connectivity index (χ2v) is 4.31. The quantitative estimate of drug-likeness (QED) is 0.908. The van der Waals surface area contributed by atoms with Crippen molar-refractivity contribution in [3.63, 3.8) is 0 Å². The summed E-state index contributed by atoms with van der Waals surface area (Å²) in [6.07, 6.45) is 1.92. The van der Waals surface area contributed by atoms with E-state index in [1.807, 2.05) is 0 Å². The van der Waals surface area contributed by atoms with Crippen molar-refractivity contribution < 1.29 is 14.0 Å². The van der Waals surface area contributed by atoms with Gasteiger partial charge in [0.25, 0.3) is 5.91 Å². The smallest absolute Gasteiger partial charge is 0.287 e. The highest BCUT2D eigenvalue weighted by Crippen LogP contribution is 2.29. The van der Waals surface area contributed by atoms with Gasteiger partial charge in [0.2, 0.25) is 0 Å². The molecule has 80 valence electrons. The number of ketones is 1. The van der Waals surface area contributed by atoms with Crippen LogP contribution >= 0.6 is 15.9 Å². The zero-order chi connectivity index (χ0) is 10.8. The molecule has 1 N–H and O–H groups in total. The van der Waals surface area contributed by atoms with Gasteiger partial charge in [-0.25, -0.2) is 0 Å². The van der Waals surface area contributed by atoms with Gasteiger partial charge in [-0.15, -0.1) is 0 Å². The van der Waals surface area contributed by atoms with Gasteiger partial charge < -0.3 is 9.73 Å². The number of hydrogen-bond donors (Lipinski definition) is 1. The molecule has 0 bridgehead atoms. The first-order valence-electron chi connectivity index (χ1n) is 4.73. The lowest BCUT2D eigenvalue weighted by Crippen LogP contribution is -2.29. The Morgan fingerprint density at radius 1 is 1.47 bits per heavy atom. The fraction of sp³-hybridized carbons (Fsp3) is 0.400. The maximum Gasteiger partial charge on any atom is 0.287 e. The Morgan fingerprint density at radius 3 is 2.73 bits per heavy atom. The Bertz CT molecular complexity index is 395. The zero-order valence-corrected chi connectivity index (χ0v) is 9.54. The Balaban J connectivity index is 1.84. The van der Waals surface area contributed by atoms with E-state index in [0.29, 0.717) is 4.67 Å². The molecule has 0 atom stereocenters. The van der Waals surface area contributed by atoms with Gasteiger partial charge in [-0.2, -0.15) is 0 Å². The fourth-order valence-electron chi connectivity index (χ4n) is 1.24. The van der Waals surface area contributed by atoms with E-state index in [9.17, 15) is 9.59 Å². The first kappa shape index (κ1) is 10.4. The van der Waals surface area contributed by atoms with E-state index in [0.717, 1.165) is 12.8 Å². The summed E-state index contributed by atoms with van der Waals surface area (Å²) in [4.78, 5) is 22.7. The van der Waals surface area contributed by atoms with E-state index in [4.69, 9.17) is 4.42 Å². The maximum absolute atomic E-state index is 11.4. The van der Waals surface area contributed by atoms with Gasteiger partial charge in [-0.1, -0.05) is 0 Å². The molecule has 5 heteroatoms. The minimum absolute atomic E-state index is 0.0990. The molecule has 4 nitrogen and oxygen atoms in total. The summed E-state index contributed by atoms with van der Waals surface area (Å²) in [6, 6.07) is 3.19. The lowest BCUT2D eigenvalue weighted by molar-refractivity contribution is -0.119. The number of rotatable bonds is 4. The summed E-state index contributed by atoms with van der Waals surface area (Å²) in [5, 5.41) is 2.53. The lowest BCUT2D eigenvalue weighted by Gasteiger charge is -2.00. The van der Waals surface area contributed by atoms with E-state index < -0.39 is 0 Å². The third-order valence-corrected chi connectivity index (χ3v) is 2.68. The molecule has 0 unspecified atom stereocenters. The summed E-state index contributed by atoms with van der Waals surface area (Å²) < 4.78 is 5.55. The molecule has 15 heavy (non-hydrogen) atoms. The van der Waals surface area contributed by atoms with E-state index in [1.54, 1.807) is 12.1 Å². The summed E-state index contributed by atoms with van der Waals surface area (Å²) in [6.45, 7) is 0.0990. The molecule has 1 aliphatic carbocycles. The number of amides is 1. The van der Waals surface area contributed by atoms with E-state index in [-0.39, 0.29) is 29.9 Å². The monoisotopic (exact) mass is 271 g/mol. The first-order valence-corrected chi connectivity index (χ1v) is 5.52. The van der Waals surface area contributed by atoms with Crippen LogP contribution in [-0.4, -0.2) is 18.2 Å². The molecule has 1 fully saturated rings. The van der Waals surface area contributed by atoms with Gasteiger partial charge in [0.1, 0.15) is 0 Å². The minimum Gasteiger partial charge on any atom is -0.444 e. The first-order chi connectivity index (χ1) is 7.16. The largest absolute Gasteiger partial charge is 0.444 e. The van der Waals surface area contributed by atoms with Crippen molar-refractivity contribution in [2.75, 3.05) is 6.54 Å². The highest BCUT2D eigenvalue weighted by Gasteiger charge is 2.29. The van der Waals surface area contributed by atoms with E-state index >= 15 is 0 Å². The van der Waals surface area contributed by atoms with E-state index in [2.05, 4.69) is 21.2 Å². The molecule has 1 aromatic rings. The van der Waals surface area contributed by atoms with Crippen LogP contribution in [0.2, 0.25) is 0 Å². The van der Waals surface area contributed by atoms with Crippen LogP contribution in [0.25, 0.3) is 0 Å². The standard InChI is InChI=1S/C10H10BrNO3/c11-9-4-3-8(15-9)10(14)12-5-7(13)6-1-2-6/h3-4,6H,1-2,5H2,(H,12,14). The van der Waals surface area contributed by atoms with Crippen LogP contribution in [0.1, 0.15) is 23.4 Å². The van der Waals surface area contributed by atoms with Crippen molar-refractivity contribution in [2.24, 2.45) is 5.92 Å². The topological polar surface area (TPSA) is 59.3 Å². The minimum atomic E-state index is -0.352. The molecule has 0 aromatic carbocycles. The lowest BCUT2D eigenvalue weighted by atomic mass is 10.2. The predicted molar refractivity (Wildman–Crippen MR) is 56.5 cm³/mol. The van der Waals surface area contributed by atoms with Crippen LogP contribution in [0.4, 0.5) is 0 Å². The van der Waals surface area contributed by atoms with Crippen LogP contribution < -0.4 is 5.32 Å². The van der Waals surface area contributed by atoms with Crippen molar-refractivity contribution in [3.05, 3.63) is 22.6 Å². The van der Waals surface area contributed by atoms with Gasteiger partial charge in [0, 0.05) is 5.92 Å². The number of carbonyl (C=O) groups is 2. The molecule has 0 aliphatic heterocycles. The Kier molecular flexibility index (Phi) is 2.90. The van der Waals surface area contributed by atoms with Gasteiger partial charge in [-0.05, 0) is 40.9 Å². The van der Waals surface area contributed by atoms with Crippen molar-refractivity contribution in [1.82, 2.24) is 5.32 Å². The third-order valence-electron chi connectivity index (χ3n) is 2.25. The summed E-state index contributed by atoms with van der Waals surface area (Å²) in [5.41, 5.74) is 0. The molecule has 1 aromatic heterocycles. The summed E-state index contributed by atoms with van der Waals surface area (Å²) in [5.74, 6) is 0.141. The highest BCUT2D eigenvalue weighted by atomic mass is 79.9. The molecule has 1 aliphatic rings. The number of Topliss-reactive ketones (excluding diaryl/α,β-unsaturated/α-hetero) is 1. The van der Waals surface area contributed by atoms with E-state index in [1.165, 1.54) is 0 Å². The van der Waals surface area contributed by atoms with Crippen LogP contribution in [-0.2, 0) is 4.79 Å². The number of halogens is 1. The average Bonchev–Trinajstić information content (AvgIpc) is 2.97. The van der Waals surface area contributed by atoms with Crippen LogP contribution in [0.5, 0.6) is 0 Å². The van der Waals surface area contributed by atoms with Crippen molar-refractivity contribution in [2.45, 2.75) is 12.8 Å². The molecular weight excluding hydrogens is 262 g/mol. The second kappa shape index (κ2) is 4.18. The Hall–Kier alpha value is -1.10. The van der Waals surface area contributed by atoms with Gasteiger partial charge >= 0.3 is 0 Å². The Morgan fingerprint density at radius 2 is 2.20 bits per heavy atom. The van der Waals surface area contributed by atoms with Crippen LogP contribution in [0, 0.1) is 5.92 Å². The highest BCUT2D eigenvalue weighted by molar-refractivity contribution is 9.10. The second-order valence-electron chi connectivity index (χ2n) is 3.53. The molecule has 1 amide bonds. The molecule has 0 spiro atoms. The predicted octanol–water partition coefficient (Wildman–Crippen LogP) is 1.75. The molecule has 2 rings (SSSR count). The SMILES string of the molecule is O=C(NCC(=O)C1CC1)c1ccc(Br)o1. The van der Waals surface area contributed by atoms with Crippen LogP contribution in [0.15, 0.2) is 21.2 Å². The zero-order valence-electron chi connectivity index (χ0n) is 7.96. The van der Waals surface area contributed by atoms with Crippen LogP contribution in [0.3, 0.4) is 0 Å². The number of furan rings is 1. The summed E-state index contributed by atoms with van der Waals surface area (Å²) >= 11 is 3.10. The third kappa shape index (κ3) is 2.68. The van der Waals surface area contributed by atoms with Gasteiger partial charge in [0.15, 0.2) is 16.2 Å². The maximum atomic E-state index is 11.4. The molecular formula is C10H10BrNO3. The number of carbonyl (C=O) groups excluding carboxylic acids is 2. The van der Waals surface area contributed by atoms with Crippen molar-refractivity contribution in [1.29, 1.82) is 0 Å². The average molecular weight is 272 g/mol. The van der Waals surface area contributed by atoms with Crippen molar-refractivity contribution >= 4 is 27.6 Å². The molecule has 0 radical (unpaired) electrons. The fourth-order valence-corrected chi connectivity index (χ4v) is 1.55. The van der Waals surface area contributed by atoms with Gasteiger partial charge in [0.05, 0.1) is 6.54 Å².